The van der Waals surface area contributed by atoms with Gasteiger partial charge in [-0.25, -0.2) is 0 Å². The molecule has 0 atom stereocenters. The van der Waals surface area contributed by atoms with Gasteiger partial charge in [0, 0.05) is 25.4 Å². The van der Waals surface area contributed by atoms with Gasteiger partial charge in [-0.15, -0.1) is 0 Å². The molecule has 19 heavy (non-hydrogen) atoms. The minimum absolute atomic E-state index is 0.196. The van der Waals surface area contributed by atoms with E-state index in [0.29, 0.717) is 42.7 Å². The van der Waals surface area contributed by atoms with E-state index in [1.807, 2.05) is 0 Å². The summed E-state index contributed by atoms with van der Waals surface area (Å²) in [4.78, 5) is 11.7. The number of hydrogen-bond donors (Lipinski definition) is 2. The molecular formula is C14H22N2O3. The molecule has 1 amide bonds. The van der Waals surface area contributed by atoms with Crippen LogP contribution >= 0.6 is 0 Å². The number of benzene rings is 1. The number of hydrogen-bond acceptors (Lipinski definition) is 4. The highest BCUT2D eigenvalue weighted by Gasteiger charge is 2.11. The molecule has 5 nitrogen and oxygen atoms in total. The van der Waals surface area contributed by atoms with Crippen LogP contribution in [0.1, 0.15) is 24.2 Å². The van der Waals surface area contributed by atoms with Crippen molar-refractivity contribution in [3.05, 3.63) is 23.8 Å². The Morgan fingerprint density at radius 1 is 1.37 bits per heavy atom. The van der Waals surface area contributed by atoms with E-state index in [1.165, 1.54) is 0 Å². The lowest BCUT2D eigenvalue weighted by Crippen LogP contribution is -2.19. The quantitative estimate of drug-likeness (QED) is 0.581. The van der Waals surface area contributed by atoms with Crippen molar-refractivity contribution in [2.24, 2.45) is 5.92 Å². The largest absolute Gasteiger partial charge is 0.490 e. The van der Waals surface area contributed by atoms with E-state index in [9.17, 15) is 4.79 Å². The number of carbonyl (C=O) groups is 1. The highest BCUT2D eigenvalue weighted by molar-refractivity contribution is 5.97. The Bertz CT molecular complexity index is 419. The minimum atomic E-state index is -0.196. The number of carbonyl (C=O) groups excluding carboxylic acids is 1. The van der Waals surface area contributed by atoms with Gasteiger partial charge in [-0.2, -0.15) is 0 Å². The Morgan fingerprint density at radius 3 is 2.74 bits per heavy atom. The molecule has 1 aromatic carbocycles. The first-order valence-corrected chi connectivity index (χ1v) is 6.36. The molecule has 1 aromatic rings. The zero-order valence-electron chi connectivity index (χ0n) is 11.7. The lowest BCUT2D eigenvalue weighted by Gasteiger charge is -2.12. The van der Waals surface area contributed by atoms with E-state index in [0.717, 1.165) is 0 Å². The summed E-state index contributed by atoms with van der Waals surface area (Å²) < 4.78 is 11.0. The van der Waals surface area contributed by atoms with Crippen LogP contribution in [-0.2, 0) is 4.74 Å². The second-order valence-corrected chi connectivity index (χ2v) is 4.65. The monoisotopic (exact) mass is 266 g/mol. The molecule has 0 bridgehead atoms. The highest BCUT2D eigenvalue weighted by atomic mass is 16.5. The second-order valence-electron chi connectivity index (χ2n) is 4.65. The fourth-order valence-corrected chi connectivity index (χ4v) is 1.51. The fraction of sp³-hybridized carbons (Fsp3) is 0.500. The molecule has 0 aromatic heterocycles. The van der Waals surface area contributed by atoms with Crippen LogP contribution < -0.4 is 15.8 Å². The van der Waals surface area contributed by atoms with E-state index in [1.54, 1.807) is 25.2 Å². The van der Waals surface area contributed by atoms with Crippen molar-refractivity contribution in [2.45, 2.75) is 13.8 Å². The van der Waals surface area contributed by atoms with Gasteiger partial charge in [-0.1, -0.05) is 13.8 Å². The molecule has 0 radical (unpaired) electrons. The molecule has 1 rings (SSSR count). The van der Waals surface area contributed by atoms with Crippen LogP contribution in [0.3, 0.4) is 0 Å². The smallest absolute Gasteiger partial charge is 0.254 e. The lowest BCUT2D eigenvalue weighted by atomic mass is 10.1. The number of anilines is 1. The summed E-state index contributed by atoms with van der Waals surface area (Å²) in [5.41, 5.74) is 6.73. The van der Waals surface area contributed by atoms with Gasteiger partial charge in [0.25, 0.3) is 5.91 Å². The number of amides is 1. The number of ether oxygens (including phenoxy) is 2. The molecule has 0 aliphatic carbocycles. The van der Waals surface area contributed by atoms with E-state index in [4.69, 9.17) is 15.2 Å². The zero-order valence-corrected chi connectivity index (χ0v) is 11.7. The van der Waals surface area contributed by atoms with Crippen LogP contribution in [0, 0.1) is 5.92 Å². The van der Waals surface area contributed by atoms with Gasteiger partial charge in [-0.05, 0) is 18.1 Å². The average Bonchev–Trinajstić information content (AvgIpc) is 2.37. The molecular weight excluding hydrogens is 244 g/mol. The number of rotatable bonds is 7. The molecule has 3 N–H and O–H groups in total. The Hall–Kier alpha value is -1.75. The molecule has 0 aliphatic rings. The minimum Gasteiger partial charge on any atom is -0.490 e. The van der Waals surface area contributed by atoms with Crippen molar-refractivity contribution >= 4 is 11.6 Å². The molecule has 0 saturated carbocycles. The maximum atomic E-state index is 11.7. The standard InChI is InChI=1S/C14H22N2O3/c1-10(2)9-18-6-7-19-13-8-11(15)4-5-12(13)14(17)16-3/h4-5,8,10H,6-7,9,15H2,1-3H3,(H,16,17). The van der Waals surface area contributed by atoms with Crippen molar-refractivity contribution in [3.63, 3.8) is 0 Å². The third-order valence-corrected chi connectivity index (χ3v) is 2.41. The summed E-state index contributed by atoms with van der Waals surface area (Å²) in [6.45, 7) is 5.74. The van der Waals surface area contributed by atoms with Crippen molar-refractivity contribution < 1.29 is 14.3 Å². The third-order valence-electron chi connectivity index (χ3n) is 2.41. The van der Waals surface area contributed by atoms with Gasteiger partial charge < -0.3 is 20.5 Å². The summed E-state index contributed by atoms with van der Waals surface area (Å²) in [5, 5.41) is 2.57. The average molecular weight is 266 g/mol. The first-order valence-electron chi connectivity index (χ1n) is 6.36. The Morgan fingerprint density at radius 2 is 2.11 bits per heavy atom. The van der Waals surface area contributed by atoms with Crippen LogP contribution in [0.5, 0.6) is 5.75 Å². The highest BCUT2D eigenvalue weighted by Crippen LogP contribution is 2.21. The van der Waals surface area contributed by atoms with E-state index in [2.05, 4.69) is 19.2 Å². The maximum Gasteiger partial charge on any atom is 0.254 e. The molecule has 5 heteroatoms. The molecule has 0 heterocycles. The molecule has 106 valence electrons. The lowest BCUT2D eigenvalue weighted by molar-refractivity contribution is 0.0807. The van der Waals surface area contributed by atoms with Crippen LogP contribution in [0.4, 0.5) is 5.69 Å². The number of nitrogens with one attached hydrogen (secondary N) is 1. The summed E-state index contributed by atoms with van der Waals surface area (Å²) in [7, 11) is 1.58. The SMILES string of the molecule is CNC(=O)c1ccc(N)cc1OCCOCC(C)C. The Labute approximate surface area is 114 Å². The molecule has 0 unspecified atom stereocenters. The molecule has 0 aliphatic heterocycles. The van der Waals surface area contributed by atoms with Crippen LogP contribution in [-0.4, -0.2) is 32.8 Å². The van der Waals surface area contributed by atoms with Gasteiger partial charge in [0.15, 0.2) is 0 Å². The summed E-state index contributed by atoms with van der Waals surface area (Å²) in [6.07, 6.45) is 0. The number of nitrogens with two attached hydrogens (primary N) is 1. The topological polar surface area (TPSA) is 73.6 Å². The van der Waals surface area contributed by atoms with Crippen LogP contribution in [0.2, 0.25) is 0 Å². The van der Waals surface area contributed by atoms with E-state index < -0.39 is 0 Å². The summed E-state index contributed by atoms with van der Waals surface area (Å²) in [6, 6.07) is 4.97. The van der Waals surface area contributed by atoms with Crippen LogP contribution in [0.25, 0.3) is 0 Å². The predicted octanol–water partition coefficient (Wildman–Crippen LogP) is 1.68. The second kappa shape index (κ2) is 7.63. The first kappa shape index (κ1) is 15.3. The van der Waals surface area contributed by atoms with Gasteiger partial charge in [0.2, 0.25) is 0 Å². The zero-order chi connectivity index (χ0) is 14.3. The first-order chi connectivity index (χ1) is 9.04. The van der Waals surface area contributed by atoms with Crippen molar-refractivity contribution in [2.75, 3.05) is 32.6 Å². The van der Waals surface area contributed by atoms with Gasteiger partial charge in [0.1, 0.15) is 12.4 Å². The van der Waals surface area contributed by atoms with Crippen molar-refractivity contribution in [3.8, 4) is 5.75 Å². The van der Waals surface area contributed by atoms with E-state index in [-0.39, 0.29) is 5.91 Å². The third kappa shape index (κ3) is 5.18. The van der Waals surface area contributed by atoms with Crippen molar-refractivity contribution in [1.82, 2.24) is 5.32 Å². The van der Waals surface area contributed by atoms with Gasteiger partial charge in [0.05, 0.1) is 12.2 Å². The van der Waals surface area contributed by atoms with Gasteiger partial charge >= 0.3 is 0 Å². The molecule has 0 saturated heterocycles. The van der Waals surface area contributed by atoms with Crippen molar-refractivity contribution in [1.29, 1.82) is 0 Å². The number of nitrogen functional groups attached to an aromatic ring is 1. The van der Waals surface area contributed by atoms with Crippen LogP contribution in [0.15, 0.2) is 18.2 Å². The predicted molar refractivity (Wildman–Crippen MR) is 75.4 cm³/mol. The molecule has 0 spiro atoms. The Balaban J connectivity index is 2.56. The van der Waals surface area contributed by atoms with Gasteiger partial charge in [-0.3, -0.25) is 4.79 Å². The summed E-state index contributed by atoms with van der Waals surface area (Å²) >= 11 is 0. The summed E-state index contributed by atoms with van der Waals surface area (Å²) in [5.74, 6) is 0.777. The van der Waals surface area contributed by atoms with E-state index >= 15 is 0 Å². The normalized spacial score (nSPS) is 10.5. The fourth-order valence-electron chi connectivity index (χ4n) is 1.51. The molecule has 0 fully saturated rings. The Kier molecular flexibility index (Phi) is 6.15. The maximum absolute atomic E-state index is 11.7.